The molecule has 1 aliphatic rings. The van der Waals surface area contributed by atoms with Gasteiger partial charge in [-0.2, -0.15) is 0 Å². The lowest BCUT2D eigenvalue weighted by Gasteiger charge is -2.17. The van der Waals surface area contributed by atoms with Crippen LogP contribution in [-0.4, -0.2) is 44.8 Å². The summed E-state index contributed by atoms with van der Waals surface area (Å²) in [5, 5.41) is 3.60. The van der Waals surface area contributed by atoms with Crippen LogP contribution in [0.5, 0.6) is 11.5 Å². The maximum Gasteiger partial charge on any atom is 0.161 e. The first-order valence-corrected chi connectivity index (χ1v) is 7.43. The van der Waals surface area contributed by atoms with E-state index in [0.29, 0.717) is 6.04 Å². The van der Waals surface area contributed by atoms with Crippen LogP contribution in [-0.2, 0) is 6.54 Å². The number of methoxy groups -OCH3 is 2. The third kappa shape index (κ3) is 3.87. The van der Waals surface area contributed by atoms with Crippen LogP contribution >= 0.6 is 0 Å². The van der Waals surface area contributed by atoms with E-state index >= 15 is 0 Å². The predicted octanol–water partition coefficient (Wildman–Crippen LogP) is 2.28. The summed E-state index contributed by atoms with van der Waals surface area (Å²) >= 11 is 0. The van der Waals surface area contributed by atoms with Gasteiger partial charge in [-0.05, 0) is 37.1 Å². The van der Waals surface area contributed by atoms with E-state index in [1.54, 1.807) is 14.2 Å². The summed E-state index contributed by atoms with van der Waals surface area (Å²) in [5.74, 6) is 1.60. The molecule has 1 unspecified atom stereocenters. The van der Waals surface area contributed by atoms with E-state index in [0.717, 1.165) is 37.7 Å². The van der Waals surface area contributed by atoms with Crippen molar-refractivity contribution in [2.45, 2.75) is 32.4 Å². The summed E-state index contributed by atoms with van der Waals surface area (Å²) in [7, 11) is 3.35. The summed E-state index contributed by atoms with van der Waals surface area (Å²) in [6.07, 6.45) is 2.44. The molecule has 1 saturated heterocycles. The highest BCUT2D eigenvalue weighted by Crippen LogP contribution is 2.28. The van der Waals surface area contributed by atoms with Crippen molar-refractivity contribution in [3.8, 4) is 11.5 Å². The number of rotatable bonds is 7. The van der Waals surface area contributed by atoms with Gasteiger partial charge in [0.05, 0.1) is 14.2 Å². The second-order valence-electron chi connectivity index (χ2n) is 5.36. The number of ether oxygens (including phenoxy) is 2. The molecule has 1 aromatic carbocycles. The lowest BCUT2D eigenvalue weighted by Crippen LogP contribution is -2.32. The highest BCUT2D eigenvalue weighted by Gasteiger charge is 2.21. The summed E-state index contributed by atoms with van der Waals surface area (Å²) in [4.78, 5) is 2.49. The predicted molar refractivity (Wildman–Crippen MR) is 81.5 cm³/mol. The Kier molecular flexibility index (Phi) is 5.68. The zero-order chi connectivity index (χ0) is 14.4. The molecule has 1 N–H and O–H groups in total. The first kappa shape index (κ1) is 15.1. The molecule has 0 amide bonds. The molecule has 20 heavy (non-hydrogen) atoms. The quantitative estimate of drug-likeness (QED) is 0.829. The Balaban J connectivity index is 1.91. The van der Waals surface area contributed by atoms with Crippen LogP contribution in [0.3, 0.4) is 0 Å². The lowest BCUT2D eigenvalue weighted by atomic mass is 10.2. The van der Waals surface area contributed by atoms with E-state index in [1.807, 2.05) is 6.07 Å². The van der Waals surface area contributed by atoms with Crippen LogP contribution in [0.15, 0.2) is 18.2 Å². The molecule has 112 valence electrons. The van der Waals surface area contributed by atoms with Crippen LogP contribution in [0, 0.1) is 0 Å². The fourth-order valence-electron chi connectivity index (χ4n) is 2.73. The first-order valence-electron chi connectivity index (χ1n) is 7.43. The molecule has 1 aliphatic heterocycles. The van der Waals surface area contributed by atoms with Crippen molar-refractivity contribution < 1.29 is 9.47 Å². The molecule has 2 rings (SSSR count). The van der Waals surface area contributed by atoms with Gasteiger partial charge in [-0.3, -0.25) is 4.90 Å². The van der Waals surface area contributed by atoms with E-state index < -0.39 is 0 Å². The molecule has 1 atom stereocenters. The third-order valence-corrected chi connectivity index (χ3v) is 3.81. The topological polar surface area (TPSA) is 33.7 Å². The van der Waals surface area contributed by atoms with Gasteiger partial charge in [0.2, 0.25) is 0 Å². The van der Waals surface area contributed by atoms with Crippen molar-refractivity contribution in [2.75, 3.05) is 33.9 Å². The van der Waals surface area contributed by atoms with Crippen LogP contribution in [0.4, 0.5) is 0 Å². The van der Waals surface area contributed by atoms with E-state index in [1.165, 1.54) is 18.4 Å². The third-order valence-electron chi connectivity index (χ3n) is 3.81. The van der Waals surface area contributed by atoms with E-state index in [-0.39, 0.29) is 0 Å². The highest BCUT2D eigenvalue weighted by molar-refractivity contribution is 5.42. The van der Waals surface area contributed by atoms with Crippen molar-refractivity contribution in [1.82, 2.24) is 10.2 Å². The Morgan fingerprint density at radius 3 is 2.75 bits per heavy atom. The molecule has 1 heterocycles. The number of likely N-dealkylation sites (tertiary alicyclic amines) is 1. The van der Waals surface area contributed by atoms with Gasteiger partial charge in [0.25, 0.3) is 0 Å². The lowest BCUT2D eigenvalue weighted by molar-refractivity contribution is 0.317. The highest BCUT2D eigenvalue weighted by atomic mass is 16.5. The normalized spacial score (nSPS) is 19.2. The summed E-state index contributed by atoms with van der Waals surface area (Å²) < 4.78 is 10.6. The zero-order valence-corrected chi connectivity index (χ0v) is 12.8. The molecule has 0 spiro atoms. The average Bonchev–Trinajstić information content (AvgIpc) is 2.92. The fourth-order valence-corrected chi connectivity index (χ4v) is 2.73. The Bertz CT molecular complexity index is 423. The average molecular weight is 278 g/mol. The van der Waals surface area contributed by atoms with Crippen LogP contribution in [0.2, 0.25) is 0 Å². The molecule has 0 saturated carbocycles. The SMILES string of the molecule is CCCNC1CCN(Cc2ccc(OC)c(OC)c2)C1. The van der Waals surface area contributed by atoms with Crippen molar-refractivity contribution in [3.63, 3.8) is 0 Å². The first-order chi connectivity index (χ1) is 9.76. The van der Waals surface area contributed by atoms with Gasteiger partial charge in [-0.1, -0.05) is 13.0 Å². The van der Waals surface area contributed by atoms with E-state index in [2.05, 4.69) is 29.3 Å². The molecule has 1 fully saturated rings. The summed E-state index contributed by atoms with van der Waals surface area (Å²) in [6, 6.07) is 6.83. The Morgan fingerprint density at radius 2 is 2.05 bits per heavy atom. The maximum atomic E-state index is 5.36. The van der Waals surface area contributed by atoms with Crippen molar-refractivity contribution in [3.05, 3.63) is 23.8 Å². The second kappa shape index (κ2) is 7.50. The van der Waals surface area contributed by atoms with Gasteiger partial charge in [-0.15, -0.1) is 0 Å². The van der Waals surface area contributed by atoms with Crippen LogP contribution < -0.4 is 14.8 Å². The smallest absolute Gasteiger partial charge is 0.161 e. The molecule has 4 heteroatoms. The standard InChI is InChI=1S/C16H26N2O2/c1-4-8-17-14-7-9-18(12-14)11-13-5-6-15(19-2)16(10-13)20-3/h5-6,10,14,17H,4,7-9,11-12H2,1-3H3. The summed E-state index contributed by atoms with van der Waals surface area (Å²) in [5.41, 5.74) is 1.28. The van der Waals surface area contributed by atoms with Gasteiger partial charge in [-0.25, -0.2) is 0 Å². The van der Waals surface area contributed by atoms with Gasteiger partial charge in [0.15, 0.2) is 11.5 Å². The van der Waals surface area contributed by atoms with Crippen LogP contribution in [0.1, 0.15) is 25.3 Å². The van der Waals surface area contributed by atoms with Crippen molar-refractivity contribution in [2.24, 2.45) is 0 Å². The van der Waals surface area contributed by atoms with Crippen molar-refractivity contribution >= 4 is 0 Å². The van der Waals surface area contributed by atoms with Gasteiger partial charge in [0, 0.05) is 25.7 Å². The van der Waals surface area contributed by atoms with Gasteiger partial charge < -0.3 is 14.8 Å². The second-order valence-corrected chi connectivity index (χ2v) is 5.36. The zero-order valence-electron chi connectivity index (χ0n) is 12.8. The summed E-state index contributed by atoms with van der Waals surface area (Å²) in [6.45, 7) is 6.60. The minimum Gasteiger partial charge on any atom is -0.493 e. The number of nitrogens with one attached hydrogen (secondary N) is 1. The Hall–Kier alpha value is -1.26. The van der Waals surface area contributed by atoms with Crippen LogP contribution in [0.25, 0.3) is 0 Å². The molecule has 0 aromatic heterocycles. The van der Waals surface area contributed by atoms with E-state index in [9.17, 15) is 0 Å². The minimum atomic E-state index is 0.648. The fraction of sp³-hybridized carbons (Fsp3) is 0.625. The monoisotopic (exact) mass is 278 g/mol. The van der Waals surface area contributed by atoms with Gasteiger partial charge in [0.1, 0.15) is 0 Å². The van der Waals surface area contributed by atoms with Gasteiger partial charge >= 0.3 is 0 Å². The number of hydrogen-bond acceptors (Lipinski definition) is 4. The molecule has 0 radical (unpaired) electrons. The minimum absolute atomic E-state index is 0.648. The number of nitrogens with zero attached hydrogens (tertiary/aromatic N) is 1. The number of benzene rings is 1. The Morgan fingerprint density at radius 1 is 1.25 bits per heavy atom. The van der Waals surface area contributed by atoms with E-state index in [4.69, 9.17) is 9.47 Å². The van der Waals surface area contributed by atoms with Crippen molar-refractivity contribution in [1.29, 1.82) is 0 Å². The maximum absolute atomic E-state index is 5.36. The molecular weight excluding hydrogens is 252 g/mol. The molecule has 0 aliphatic carbocycles. The molecule has 0 bridgehead atoms. The molecule has 1 aromatic rings. The number of hydrogen-bond donors (Lipinski definition) is 1. The molecule has 4 nitrogen and oxygen atoms in total. The Labute approximate surface area is 122 Å². The molecular formula is C16H26N2O2. The largest absolute Gasteiger partial charge is 0.493 e.